The van der Waals surface area contributed by atoms with Gasteiger partial charge in [0, 0.05) is 57.2 Å². The molecule has 1 amide bonds. The maximum Gasteiger partial charge on any atom is 0.230 e. The lowest BCUT2D eigenvalue weighted by Crippen LogP contribution is -2.59. The number of hydrogen-bond donors (Lipinski definition) is 0. The second-order valence-corrected chi connectivity index (χ2v) is 9.53. The fourth-order valence-corrected chi connectivity index (χ4v) is 4.99. The third-order valence-electron chi connectivity index (χ3n) is 7.21. The minimum absolute atomic E-state index is 0.0593. The normalized spacial score (nSPS) is 24.2. The first-order chi connectivity index (χ1) is 17.5. The molecule has 2 fully saturated rings. The number of fused-ring (bicyclic) bond motifs is 1. The fourth-order valence-electron chi connectivity index (χ4n) is 4.99. The summed E-state index contributed by atoms with van der Waals surface area (Å²) in [6, 6.07) is 8.38. The van der Waals surface area contributed by atoms with E-state index in [-0.39, 0.29) is 30.5 Å². The highest BCUT2D eigenvalue weighted by molar-refractivity contribution is 5.80. The molecule has 3 unspecified atom stereocenters. The van der Waals surface area contributed by atoms with Crippen molar-refractivity contribution in [2.24, 2.45) is 10.2 Å². The van der Waals surface area contributed by atoms with Gasteiger partial charge in [-0.1, -0.05) is 12.1 Å². The molecule has 5 rings (SSSR count). The zero-order valence-electron chi connectivity index (χ0n) is 20.6. The SMILES string of the molecule is Cc1c(C#N)cccc1C1CN2CCN(C(=O)Cc3cnc(N4C=NN=CCC4C)nc3)CC2CO1. The average Bonchev–Trinajstić information content (AvgIpc) is 3.13. The molecule has 4 heterocycles. The molecule has 0 bridgehead atoms. The van der Waals surface area contributed by atoms with Crippen LogP contribution in [0.4, 0.5) is 5.95 Å². The number of anilines is 1. The minimum atomic E-state index is -0.0593. The lowest BCUT2D eigenvalue weighted by atomic mass is 9.96. The Morgan fingerprint density at radius 1 is 1.19 bits per heavy atom. The molecule has 1 aromatic heterocycles. The van der Waals surface area contributed by atoms with Gasteiger partial charge in [0.15, 0.2) is 0 Å². The molecule has 10 nitrogen and oxygen atoms in total. The van der Waals surface area contributed by atoms with Gasteiger partial charge in [0.25, 0.3) is 0 Å². The summed E-state index contributed by atoms with van der Waals surface area (Å²) in [5.74, 6) is 0.620. The van der Waals surface area contributed by atoms with Crippen molar-refractivity contribution in [3.05, 3.63) is 52.8 Å². The van der Waals surface area contributed by atoms with E-state index in [1.165, 1.54) is 0 Å². The summed E-state index contributed by atoms with van der Waals surface area (Å²) in [4.78, 5) is 28.2. The van der Waals surface area contributed by atoms with E-state index in [9.17, 15) is 10.1 Å². The number of morpholine rings is 1. The topological polar surface area (TPSA) is 110 Å². The van der Waals surface area contributed by atoms with Crippen LogP contribution in [0.5, 0.6) is 0 Å². The number of hydrogen-bond acceptors (Lipinski definition) is 9. The number of carbonyl (C=O) groups excluding carboxylic acids is 1. The Kier molecular flexibility index (Phi) is 7.02. The first-order valence-electron chi connectivity index (χ1n) is 12.3. The summed E-state index contributed by atoms with van der Waals surface area (Å²) >= 11 is 0. The van der Waals surface area contributed by atoms with Crippen molar-refractivity contribution in [2.45, 2.75) is 44.9 Å². The number of ether oxygens (including phenoxy) is 1. The number of carbonyl (C=O) groups is 1. The zero-order chi connectivity index (χ0) is 25.1. The lowest BCUT2D eigenvalue weighted by Gasteiger charge is -2.46. The zero-order valence-corrected chi connectivity index (χ0v) is 20.6. The van der Waals surface area contributed by atoms with Gasteiger partial charge < -0.3 is 9.64 Å². The molecule has 3 aliphatic heterocycles. The third kappa shape index (κ3) is 4.98. The van der Waals surface area contributed by atoms with Crippen molar-refractivity contribution in [1.82, 2.24) is 19.8 Å². The molecular weight excluding hydrogens is 456 g/mol. The molecule has 1 aromatic carbocycles. The Balaban J connectivity index is 1.17. The van der Waals surface area contributed by atoms with Crippen LogP contribution in [0.2, 0.25) is 0 Å². The Morgan fingerprint density at radius 3 is 2.83 bits per heavy atom. The van der Waals surface area contributed by atoms with Gasteiger partial charge in [-0.05, 0) is 36.6 Å². The highest BCUT2D eigenvalue weighted by atomic mass is 16.5. The smallest absolute Gasteiger partial charge is 0.230 e. The second-order valence-electron chi connectivity index (χ2n) is 9.53. The van der Waals surface area contributed by atoms with Crippen LogP contribution >= 0.6 is 0 Å². The van der Waals surface area contributed by atoms with Gasteiger partial charge in [-0.2, -0.15) is 10.4 Å². The molecule has 0 saturated carbocycles. The van der Waals surface area contributed by atoms with Crippen molar-refractivity contribution in [2.75, 3.05) is 37.7 Å². The van der Waals surface area contributed by atoms with Crippen molar-refractivity contribution in [3.63, 3.8) is 0 Å². The standard InChI is InChI=1S/C26H30N8O2/c1-18-6-7-30-31-17-34(18)26-28-12-20(13-29-26)10-25(35)33-9-8-32-15-24(36-16-22(32)14-33)23-5-3-4-21(11-27)19(23)2/h3-5,7,12-13,17-18,22,24H,6,8-10,14-16H2,1-2H3. The number of benzene rings is 1. The minimum Gasteiger partial charge on any atom is -0.370 e. The average molecular weight is 487 g/mol. The highest BCUT2D eigenvalue weighted by Crippen LogP contribution is 2.30. The van der Waals surface area contributed by atoms with Crippen molar-refractivity contribution >= 4 is 24.4 Å². The van der Waals surface area contributed by atoms with Crippen LogP contribution in [-0.4, -0.2) is 83.1 Å². The number of aromatic nitrogens is 2. The Morgan fingerprint density at radius 2 is 2.03 bits per heavy atom. The van der Waals surface area contributed by atoms with Crippen molar-refractivity contribution in [1.29, 1.82) is 5.26 Å². The molecule has 3 aliphatic rings. The molecule has 0 spiro atoms. The van der Waals surface area contributed by atoms with Gasteiger partial charge in [0.2, 0.25) is 11.9 Å². The number of piperazine rings is 1. The van der Waals surface area contributed by atoms with Crippen LogP contribution in [0, 0.1) is 18.3 Å². The summed E-state index contributed by atoms with van der Waals surface area (Å²) in [5.41, 5.74) is 3.53. The van der Waals surface area contributed by atoms with Crippen LogP contribution in [0.15, 0.2) is 40.8 Å². The van der Waals surface area contributed by atoms with E-state index in [1.54, 1.807) is 24.9 Å². The summed E-state index contributed by atoms with van der Waals surface area (Å²) in [5, 5.41) is 17.3. The predicted octanol–water partition coefficient (Wildman–Crippen LogP) is 2.10. The van der Waals surface area contributed by atoms with E-state index < -0.39 is 0 Å². The van der Waals surface area contributed by atoms with Gasteiger partial charge in [-0.3, -0.25) is 14.6 Å². The van der Waals surface area contributed by atoms with Crippen molar-refractivity contribution < 1.29 is 9.53 Å². The van der Waals surface area contributed by atoms with E-state index in [0.717, 1.165) is 36.2 Å². The second kappa shape index (κ2) is 10.5. The monoisotopic (exact) mass is 486 g/mol. The van der Waals surface area contributed by atoms with Gasteiger partial charge in [-0.25, -0.2) is 9.97 Å². The number of nitrogens with zero attached hydrogens (tertiary/aromatic N) is 8. The highest BCUT2D eigenvalue weighted by Gasteiger charge is 2.36. The lowest BCUT2D eigenvalue weighted by molar-refractivity contribution is -0.139. The first kappa shape index (κ1) is 24.0. The fraction of sp³-hybridized carbons (Fsp3) is 0.462. The maximum absolute atomic E-state index is 13.1. The Labute approximate surface area is 210 Å². The van der Waals surface area contributed by atoms with Crippen molar-refractivity contribution in [3.8, 4) is 6.07 Å². The van der Waals surface area contributed by atoms with Crippen LogP contribution in [0.3, 0.4) is 0 Å². The summed E-state index contributed by atoms with van der Waals surface area (Å²) in [7, 11) is 0. The van der Waals surface area contributed by atoms with E-state index in [4.69, 9.17) is 4.74 Å². The molecule has 0 N–H and O–H groups in total. The van der Waals surface area contributed by atoms with Gasteiger partial charge in [-0.15, -0.1) is 5.10 Å². The number of rotatable bonds is 4. The first-order valence-corrected chi connectivity index (χ1v) is 12.3. The summed E-state index contributed by atoms with van der Waals surface area (Å²) in [6.45, 7) is 7.49. The summed E-state index contributed by atoms with van der Waals surface area (Å²) < 4.78 is 6.22. The largest absolute Gasteiger partial charge is 0.370 e. The predicted molar refractivity (Wildman–Crippen MR) is 136 cm³/mol. The molecule has 186 valence electrons. The molecule has 10 heteroatoms. The number of nitriles is 1. The van der Waals surface area contributed by atoms with Gasteiger partial charge >= 0.3 is 0 Å². The van der Waals surface area contributed by atoms with Crippen LogP contribution in [0.25, 0.3) is 0 Å². The molecule has 0 radical (unpaired) electrons. The van der Waals surface area contributed by atoms with Crippen LogP contribution < -0.4 is 4.90 Å². The molecule has 2 saturated heterocycles. The Bertz CT molecular complexity index is 1210. The molecule has 0 aliphatic carbocycles. The maximum atomic E-state index is 13.1. The molecule has 2 aromatic rings. The Hall–Kier alpha value is -3.68. The molecule has 3 atom stereocenters. The molecule has 36 heavy (non-hydrogen) atoms. The van der Waals surface area contributed by atoms with Crippen LogP contribution in [0.1, 0.15) is 41.7 Å². The van der Waals surface area contributed by atoms with E-state index >= 15 is 0 Å². The third-order valence-corrected chi connectivity index (χ3v) is 7.21. The van der Waals surface area contributed by atoms with E-state index in [1.807, 2.05) is 34.9 Å². The van der Waals surface area contributed by atoms with Crippen LogP contribution in [-0.2, 0) is 16.0 Å². The summed E-state index contributed by atoms with van der Waals surface area (Å²) in [6.07, 6.45) is 7.81. The quantitative estimate of drug-likeness (QED) is 0.651. The van der Waals surface area contributed by atoms with Gasteiger partial charge in [0.1, 0.15) is 6.34 Å². The van der Waals surface area contributed by atoms with E-state index in [2.05, 4.69) is 38.1 Å². The van der Waals surface area contributed by atoms with E-state index in [0.29, 0.717) is 31.2 Å². The molecular formula is C26H30N8O2. The van der Waals surface area contributed by atoms with Gasteiger partial charge in [0.05, 0.1) is 36.8 Å². The number of amides is 1.